The van der Waals surface area contributed by atoms with Crippen LogP contribution in [0.3, 0.4) is 0 Å². The van der Waals surface area contributed by atoms with Crippen molar-refractivity contribution in [3.63, 3.8) is 0 Å². The Labute approximate surface area is 119 Å². The molecule has 1 heterocycles. The van der Waals surface area contributed by atoms with E-state index in [1.807, 2.05) is 13.8 Å². The summed E-state index contributed by atoms with van der Waals surface area (Å²) in [4.78, 5) is 0.881. The molecule has 4 nitrogen and oxygen atoms in total. The predicted octanol–water partition coefficient (Wildman–Crippen LogP) is 2.24. The summed E-state index contributed by atoms with van der Waals surface area (Å²) in [6.45, 7) is 8.71. The minimum absolute atomic E-state index is 0.0355. The largest absolute Gasteiger partial charge is 0.396 e. The molecule has 0 spiro atoms. The third-order valence-electron chi connectivity index (χ3n) is 3.54. The highest BCUT2D eigenvalue weighted by Gasteiger charge is 2.26. The Bertz CT molecular complexity index is 504. The molecule has 110 valence electrons. The molecule has 0 aliphatic rings. The van der Waals surface area contributed by atoms with Gasteiger partial charge in [-0.25, -0.2) is 13.1 Å². The van der Waals surface area contributed by atoms with Crippen molar-refractivity contribution in [1.82, 2.24) is 4.72 Å². The third kappa shape index (κ3) is 4.56. The SMILES string of the molecule is CC(C)C(C)(C)CNS(=O)(=O)c1ccc(CCO)s1. The molecule has 1 aromatic rings. The van der Waals surface area contributed by atoms with E-state index in [-0.39, 0.29) is 12.0 Å². The highest BCUT2D eigenvalue weighted by molar-refractivity contribution is 7.91. The van der Waals surface area contributed by atoms with Gasteiger partial charge < -0.3 is 5.11 Å². The summed E-state index contributed by atoms with van der Waals surface area (Å²) in [5.74, 6) is 0.392. The van der Waals surface area contributed by atoms with Crippen molar-refractivity contribution in [2.45, 2.75) is 38.3 Å². The van der Waals surface area contributed by atoms with E-state index < -0.39 is 10.0 Å². The number of thiophene rings is 1. The minimum atomic E-state index is -3.44. The van der Waals surface area contributed by atoms with Gasteiger partial charge in [0.15, 0.2) is 0 Å². The van der Waals surface area contributed by atoms with E-state index in [9.17, 15) is 8.42 Å². The minimum Gasteiger partial charge on any atom is -0.396 e. The molecule has 0 aliphatic carbocycles. The summed E-state index contributed by atoms with van der Waals surface area (Å²) >= 11 is 1.21. The lowest BCUT2D eigenvalue weighted by Gasteiger charge is -2.29. The fourth-order valence-electron chi connectivity index (χ4n) is 1.30. The second-order valence-corrected chi connectivity index (χ2v) is 8.82. The van der Waals surface area contributed by atoms with E-state index in [1.165, 1.54) is 11.3 Å². The van der Waals surface area contributed by atoms with Crippen LogP contribution in [0.2, 0.25) is 0 Å². The molecule has 0 radical (unpaired) electrons. The Kier molecular flexibility index (Phi) is 5.55. The number of rotatable bonds is 7. The Morgan fingerprint density at radius 2 is 2.00 bits per heavy atom. The van der Waals surface area contributed by atoms with Crippen LogP contribution >= 0.6 is 11.3 Å². The molecule has 0 aliphatic heterocycles. The zero-order valence-corrected chi connectivity index (χ0v) is 13.6. The first-order chi connectivity index (χ1) is 8.69. The Balaban J connectivity index is 2.75. The van der Waals surface area contributed by atoms with Gasteiger partial charge in [-0.15, -0.1) is 11.3 Å². The predicted molar refractivity (Wildman–Crippen MR) is 78.9 cm³/mol. The van der Waals surface area contributed by atoms with Crippen LogP contribution in [-0.4, -0.2) is 26.7 Å². The molecule has 2 N–H and O–H groups in total. The molecule has 0 saturated carbocycles. The highest BCUT2D eigenvalue weighted by atomic mass is 32.2. The third-order valence-corrected chi connectivity index (χ3v) is 6.58. The molecule has 6 heteroatoms. The van der Waals surface area contributed by atoms with E-state index in [1.54, 1.807) is 12.1 Å². The zero-order chi connectivity index (χ0) is 14.7. The number of hydrogen-bond donors (Lipinski definition) is 2. The summed E-state index contributed by atoms with van der Waals surface area (Å²) < 4.78 is 27.3. The lowest BCUT2D eigenvalue weighted by molar-refractivity contribution is 0.252. The monoisotopic (exact) mass is 305 g/mol. The maximum atomic E-state index is 12.2. The van der Waals surface area contributed by atoms with Crippen LogP contribution in [0.1, 0.15) is 32.6 Å². The molecule has 1 aromatic heterocycles. The highest BCUT2D eigenvalue weighted by Crippen LogP contribution is 2.27. The molecule has 0 bridgehead atoms. The molecule has 19 heavy (non-hydrogen) atoms. The van der Waals surface area contributed by atoms with Crippen LogP contribution < -0.4 is 4.72 Å². The van der Waals surface area contributed by atoms with Crippen molar-refractivity contribution < 1.29 is 13.5 Å². The first-order valence-electron chi connectivity index (χ1n) is 6.38. The van der Waals surface area contributed by atoms with Crippen molar-refractivity contribution in [3.8, 4) is 0 Å². The molecule has 0 saturated heterocycles. The molecule has 1 rings (SSSR count). The Morgan fingerprint density at radius 3 is 2.53 bits per heavy atom. The van der Waals surface area contributed by atoms with Gasteiger partial charge in [0.05, 0.1) is 0 Å². The summed E-state index contributed by atoms with van der Waals surface area (Å²) in [5, 5.41) is 8.84. The van der Waals surface area contributed by atoms with Crippen LogP contribution in [0.5, 0.6) is 0 Å². The fraction of sp³-hybridized carbons (Fsp3) is 0.692. The van der Waals surface area contributed by atoms with Gasteiger partial charge in [0.2, 0.25) is 10.0 Å². The second-order valence-electron chi connectivity index (χ2n) is 5.66. The van der Waals surface area contributed by atoms with Crippen molar-refractivity contribution >= 4 is 21.4 Å². The van der Waals surface area contributed by atoms with Crippen LogP contribution in [0, 0.1) is 11.3 Å². The number of aliphatic hydroxyl groups is 1. The van der Waals surface area contributed by atoms with Crippen molar-refractivity contribution in [3.05, 3.63) is 17.0 Å². The Hall–Kier alpha value is -0.430. The van der Waals surface area contributed by atoms with Crippen LogP contribution in [0.15, 0.2) is 16.3 Å². The normalized spacial score (nSPS) is 13.2. The number of hydrogen-bond acceptors (Lipinski definition) is 4. The van der Waals surface area contributed by atoms with Crippen molar-refractivity contribution in [1.29, 1.82) is 0 Å². The smallest absolute Gasteiger partial charge is 0.250 e. The number of aliphatic hydroxyl groups excluding tert-OH is 1. The standard InChI is InChI=1S/C13H23NO3S2/c1-10(2)13(3,4)9-14-19(16,17)12-6-5-11(18-12)7-8-15/h5-6,10,14-15H,7-9H2,1-4H3. The van der Waals surface area contributed by atoms with E-state index >= 15 is 0 Å². The van der Waals surface area contributed by atoms with Crippen LogP contribution in [0.4, 0.5) is 0 Å². The summed E-state index contributed by atoms with van der Waals surface area (Å²) in [6, 6.07) is 3.35. The topological polar surface area (TPSA) is 66.4 Å². The average molecular weight is 305 g/mol. The summed E-state index contributed by atoms with van der Waals surface area (Å²) in [5.41, 5.74) is -0.0851. The molecule has 0 unspecified atom stereocenters. The first-order valence-corrected chi connectivity index (χ1v) is 8.68. The molecular formula is C13H23NO3S2. The number of sulfonamides is 1. The maximum absolute atomic E-state index is 12.2. The molecule has 0 amide bonds. The Morgan fingerprint density at radius 1 is 1.37 bits per heavy atom. The van der Waals surface area contributed by atoms with Crippen LogP contribution in [0.25, 0.3) is 0 Å². The second kappa shape index (κ2) is 6.35. The van der Waals surface area contributed by atoms with Gasteiger partial charge in [-0.2, -0.15) is 0 Å². The molecular weight excluding hydrogens is 282 g/mol. The zero-order valence-electron chi connectivity index (χ0n) is 11.9. The van der Waals surface area contributed by atoms with Gasteiger partial charge in [-0.05, 0) is 23.5 Å². The van der Waals surface area contributed by atoms with Gasteiger partial charge in [0.1, 0.15) is 4.21 Å². The van der Waals surface area contributed by atoms with Gasteiger partial charge in [-0.1, -0.05) is 27.7 Å². The maximum Gasteiger partial charge on any atom is 0.250 e. The molecule has 0 atom stereocenters. The van der Waals surface area contributed by atoms with Gasteiger partial charge in [0, 0.05) is 24.4 Å². The van der Waals surface area contributed by atoms with Gasteiger partial charge >= 0.3 is 0 Å². The van der Waals surface area contributed by atoms with E-state index in [0.717, 1.165) is 4.88 Å². The number of nitrogens with one attached hydrogen (secondary N) is 1. The fourth-order valence-corrected chi connectivity index (χ4v) is 3.92. The lowest BCUT2D eigenvalue weighted by Crippen LogP contribution is -2.36. The van der Waals surface area contributed by atoms with Gasteiger partial charge in [-0.3, -0.25) is 0 Å². The van der Waals surface area contributed by atoms with Crippen LogP contribution in [-0.2, 0) is 16.4 Å². The average Bonchev–Trinajstić information content (AvgIpc) is 2.76. The van der Waals surface area contributed by atoms with Crippen molar-refractivity contribution in [2.24, 2.45) is 11.3 Å². The summed E-state index contributed by atoms with van der Waals surface area (Å²) in [7, 11) is -3.44. The van der Waals surface area contributed by atoms with E-state index in [0.29, 0.717) is 23.1 Å². The summed E-state index contributed by atoms with van der Waals surface area (Å²) in [6.07, 6.45) is 0.498. The van der Waals surface area contributed by atoms with E-state index in [2.05, 4.69) is 18.6 Å². The molecule has 0 fully saturated rings. The van der Waals surface area contributed by atoms with Crippen molar-refractivity contribution in [2.75, 3.05) is 13.2 Å². The van der Waals surface area contributed by atoms with E-state index in [4.69, 9.17) is 5.11 Å². The van der Waals surface area contributed by atoms with Gasteiger partial charge in [0.25, 0.3) is 0 Å². The quantitative estimate of drug-likeness (QED) is 0.812. The lowest BCUT2D eigenvalue weighted by atomic mass is 9.81. The first kappa shape index (κ1) is 16.6. The molecule has 0 aromatic carbocycles.